The molecule has 0 saturated heterocycles. The van der Waals surface area contributed by atoms with E-state index in [4.69, 9.17) is 0 Å². The number of carbonyl (C=O) groups is 2. The molecule has 1 aliphatic rings. The summed E-state index contributed by atoms with van der Waals surface area (Å²) >= 11 is 0. The predicted octanol–water partition coefficient (Wildman–Crippen LogP) is 4.27. The Balaban J connectivity index is 1.71. The van der Waals surface area contributed by atoms with Gasteiger partial charge >= 0.3 is 0 Å². The van der Waals surface area contributed by atoms with E-state index in [2.05, 4.69) is 24.1 Å². The number of rotatable bonds is 7. The number of nitrogens with one attached hydrogen (secondary N) is 1. The van der Waals surface area contributed by atoms with Gasteiger partial charge in [-0.25, -0.2) is 4.98 Å². The Morgan fingerprint density at radius 1 is 1.15 bits per heavy atom. The molecular formula is C22H29N3O2. The van der Waals surface area contributed by atoms with E-state index in [0.29, 0.717) is 11.5 Å². The number of ketones is 1. The van der Waals surface area contributed by atoms with E-state index in [-0.39, 0.29) is 24.2 Å². The van der Waals surface area contributed by atoms with Crippen molar-refractivity contribution in [3.8, 4) is 0 Å². The first-order chi connectivity index (χ1) is 13.0. The lowest BCUT2D eigenvalue weighted by Crippen LogP contribution is -2.41. The minimum Gasteiger partial charge on any atom is -0.352 e. The predicted molar refractivity (Wildman–Crippen MR) is 106 cm³/mol. The Hall–Kier alpha value is -2.43. The highest BCUT2D eigenvalue weighted by Crippen LogP contribution is 2.21. The third-order valence-electron chi connectivity index (χ3n) is 5.42. The minimum atomic E-state index is -0.563. The first kappa shape index (κ1) is 19.3. The van der Waals surface area contributed by atoms with Gasteiger partial charge in [-0.3, -0.25) is 9.59 Å². The highest BCUT2D eigenvalue weighted by atomic mass is 16.2. The minimum absolute atomic E-state index is 0.0252. The molecule has 27 heavy (non-hydrogen) atoms. The van der Waals surface area contributed by atoms with Crippen molar-refractivity contribution in [3.63, 3.8) is 0 Å². The summed E-state index contributed by atoms with van der Waals surface area (Å²) in [6.07, 6.45) is 10.7. The van der Waals surface area contributed by atoms with Crippen molar-refractivity contribution in [2.75, 3.05) is 0 Å². The third-order valence-corrected chi connectivity index (χ3v) is 5.42. The number of hydrogen-bond donors (Lipinski definition) is 1. The molecule has 0 radical (unpaired) electrons. The topological polar surface area (TPSA) is 64.0 Å². The maximum Gasteiger partial charge on any atom is 0.243 e. The number of imidazole rings is 1. The molecule has 1 aliphatic carbocycles. The number of aromatic nitrogens is 2. The first-order valence-electron chi connectivity index (χ1n) is 9.95. The fourth-order valence-electron chi connectivity index (χ4n) is 3.68. The second-order valence-electron chi connectivity index (χ2n) is 7.77. The molecule has 1 heterocycles. The van der Waals surface area contributed by atoms with Gasteiger partial charge in [-0.15, -0.1) is 0 Å². The van der Waals surface area contributed by atoms with Gasteiger partial charge in [-0.1, -0.05) is 57.4 Å². The Morgan fingerprint density at radius 2 is 1.85 bits per heavy atom. The highest BCUT2D eigenvalue weighted by molar-refractivity contribution is 5.99. The van der Waals surface area contributed by atoms with Crippen LogP contribution in [0.25, 0.3) is 0 Å². The molecule has 0 aliphatic heterocycles. The molecule has 1 saturated carbocycles. The van der Waals surface area contributed by atoms with Crippen molar-refractivity contribution in [2.45, 2.75) is 70.4 Å². The largest absolute Gasteiger partial charge is 0.352 e. The zero-order valence-corrected chi connectivity index (χ0v) is 16.2. The van der Waals surface area contributed by atoms with Crippen molar-refractivity contribution in [2.24, 2.45) is 0 Å². The monoisotopic (exact) mass is 367 g/mol. The van der Waals surface area contributed by atoms with E-state index in [1.807, 2.05) is 24.3 Å². The highest BCUT2D eigenvalue weighted by Gasteiger charge is 2.26. The van der Waals surface area contributed by atoms with Gasteiger partial charge < -0.3 is 9.88 Å². The lowest BCUT2D eigenvalue weighted by atomic mass is 9.94. The molecular weight excluding hydrogens is 338 g/mol. The summed E-state index contributed by atoms with van der Waals surface area (Å²) in [5.74, 6) is 0.309. The smallest absolute Gasteiger partial charge is 0.243 e. The Labute approximate surface area is 161 Å². The molecule has 5 heteroatoms. The maximum atomic E-state index is 12.9. The summed E-state index contributed by atoms with van der Waals surface area (Å²) in [7, 11) is 0. The maximum absolute atomic E-state index is 12.9. The van der Waals surface area contributed by atoms with Crippen LogP contribution in [0.15, 0.2) is 43.0 Å². The summed E-state index contributed by atoms with van der Waals surface area (Å²) in [6, 6.07) is 7.37. The molecule has 1 aromatic carbocycles. The van der Waals surface area contributed by atoms with Gasteiger partial charge in [0, 0.05) is 30.4 Å². The molecule has 1 N–H and O–H groups in total. The molecule has 0 bridgehead atoms. The van der Waals surface area contributed by atoms with E-state index in [1.165, 1.54) is 12.0 Å². The van der Waals surface area contributed by atoms with Crippen molar-refractivity contribution in [1.29, 1.82) is 0 Å². The number of nitrogens with zero attached hydrogens (tertiary/aromatic N) is 2. The van der Waals surface area contributed by atoms with E-state index >= 15 is 0 Å². The fourth-order valence-corrected chi connectivity index (χ4v) is 3.68. The molecule has 5 nitrogen and oxygen atoms in total. The molecule has 0 spiro atoms. The van der Waals surface area contributed by atoms with Gasteiger partial charge in [-0.05, 0) is 24.3 Å². The normalized spacial score (nSPS) is 16.3. The quantitative estimate of drug-likeness (QED) is 0.743. The van der Waals surface area contributed by atoms with Crippen LogP contribution in [0, 0.1) is 0 Å². The molecule has 144 valence electrons. The van der Waals surface area contributed by atoms with Gasteiger partial charge in [0.1, 0.15) is 6.04 Å². The Morgan fingerprint density at radius 3 is 2.44 bits per heavy atom. The fraction of sp³-hybridized carbons (Fsp3) is 0.500. The summed E-state index contributed by atoms with van der Waals surface area (Å²) in [6.45, 7) is 4.25. The standard InChI is InChI=1S/C22H29N3O2/c1-16(2)17-8-10-18(11-9-17)21(26)14-20(25-13-12-23-15-25)22(27)24-19-6-4-3-5-7-19/h8-13,15-16,19-20H,3-7,14H2,1-2H3,(H,24,27). The summed E-state index contributed by atoms with van der Waals surface area (Å²) in [5, 5.41) is 3.15. The number of amides is 1. The third kappa shape index (κ3) is 5.06. The van der Waals surface area contributed by atoms with Crippen molar-refractivity contribution in [3.05, 3.63) is 54.1 Å². The van der Waals surface area contributed by atoms with Gasteiger partial charge in [0.05, 0.1) is 6.33 Å². The lowest BCUT2D eigenvalue weighted by molar-refractivity contribution is -0.125. The van der Waals surface area contributed by atoms with Crippen LogP contribution in [-0.4, -0.2) is 27.3 Å². The Bertz CT molecular complexity index is 744. The SMILES string of the molecule is CC(C)c1ccc(C(=O)CC(C(=O)NC2CCCCC2)n2ccnc2)cc1. The molecule has 2 aromatic rings. The molecule has 1 aromatic heterocycles. The summed E-state index contributed by atoms with van der Waals surface area (Å²) in [5.41, 5.74) is 1.85. The number of Topliss-reactive ketones (excluding diaryl/α,β-unsaturated/α-hetero) is 1. The van der Waals surface area contributed by atoms with Gasteiger partial charge in [0.15, 0.2) is 5.78 Å². The van der Waals surface area contributed by atoms with E-state index < -0.39 is 6.04 Å². The molecule has 1 unspecified atom stereocenters. The number of hydrogen-bond acceptors (Lipinski definition) is 3. The van der Waals surface area contributed by atoms with Crippen LogP contribution < -0.4 is 5.32 Å². The van der Waals surface area contributed by atoms with Crippen molar-refractivity contribution in [1.82, 2.24) is 14.9 Å². The Kier molecular flexibility index (Phi) is 6.43. The average molecular weight is 367 g/mol. The van der Waals surface area contributed by atoms with Gasteiger partial charge in [0.25, 0.3) is 0 Å². The van der Waals surface area contributed by atoms with Crippen LogP contribution in [0.5, 0.6) is 0 Å². The lowest BCUT2D eigenvalue weighted by Gasteiger charge is -2.26. The first-order valence-corrected chi connectivity index (χ1v) is 9.95. The van der Waals surface area contributed by atoms with Crippen LogP contribution >= 0.6 is 0 Å². The van der Waals surface area contributed by atoms with Crippen molar-refractivity contribution < 1.29 is 9.59 Å². The zero-order chi connectivity index (χ0) is 19.2. The van der Waals surface area contributed by atoms with Crippen LogP contribution in [0.4, 0.5) is 0 Å². The summed E-state index contributed by atoms with van der Waals surface area (Å²) in [4.78, 5) is 29.8. The van der Waals surface area contributed by atoms with E-state index in [1.54, 1.807) is 23.3 Å². The van der Waals surface area contributed by atoms with Crippen LogP contribution in [0.3, 0.4) is 0 Å². The molecule has 1 amide bonds. The summed E-state index contributed by atoms with van der Waals surface area (Å²) < 4.78 is 1.73. The van der Waals surface area contributed by atoms with Gasteiger partial charge in [-0.2, -0.15) is 0 Å². The zero-order valence-electron chi connectivity index (χ0n) is 16.2. The van der Waals surface area contributed by atoms with E-state index in [0.717, 1.165) is 25.7 Å². The molecule has 3 rings (SSSR count). The molecule has 1 atom stereocenters. The number of benzene rings is 1. The van der Waals surface area contributed by atoms with Crippen LogP contribution in [0.1, 0.15) is 80.3 Å². The van der Waals surface area contributed by atoms with Gasteiger partial charge in [0.2, 0.25) is 5.91 Å². The van der Waals surface area contributed by atoms with Crippen LogP contribution in [-0.2, 0) is 4.79 Å². The van der Waals surface area contributed by atoms with E-state index in [9.17, 15) is 9.59 Å². The number of carbonyl (C=O) groups excluding carboxylic acids is 2. The average Bonchev–Trinajstić information content (AvgIpc) is 3.21. The van der Waals surface area contributed by atoms with Crippen molar-refractivity contribution >= 4 is 11.7 Å². The second kappa shape index (κ2) is 8.98. The van der Waals surface area contributed by atoms with Crippen LogP contribution in [0.2, 0.25) is 0 Å². The second-order valence-corrected chi connectivity index (χ2v) is 7.77. The molecule has 1 fully saturated rings.